The predicted molar refractivity (Wildman–Crippen MR) is 27.6 cm³/mol. The van der Waals surface area contributed by atoms with Gasteiger partial charge in [0.05, 0.1) is 0 Å². The fraction of sp³-hybridized carbons (Fsp3) is 0. The number of carboxylic acid groups (broad SMARTS) is 1. The third-order valence-electron chi connectivity index (χ3n) is 0.289. The van der Waals surface area contributed by atoms with Gasteiger partial charge >= 0.3 is 22.7 Å². The Morgan fingerprint density at radius 2 is 1.90 bits per heavy atom. The Morgan fingerprint density at radius 1 is 1.40 bits per heavy atom. The van der Waals surface area contributed by atoms with Gasteiger partial charge in [0, 0.05) is 9.13 Å². The van der Waals surface area contributed by atoms with Gasteiger partial charge in [-0.1, -0.05) is 0 Å². The molecule has 0 aromatic rings. The molecule has 9 heteroatoms. The van der Waals surface area contributed by atoms with E-state index in [1.807, 2.05) is 0 Å². The van der Waals surface area contributed by atoms with Crippen molar-refractivity contribution in [2.45, 2.75) is 0 Å². The number of hydrogen-bond donors (Lipinski definition) is 2. The average molecular weight is 188 g/mol. The van der Waals surface area contributed by atoms with Gasteiger partial charge in [-0.05, 0) is 0 Å². The van der Waals surface area contributed by atoms with Gasteiger partial charge in [0.1, 0.15) is 0 Å². The van der Waals surface area contributed by atoms with E-state index in [1.54, 1.807) is 0 Å². The predicted octanol–water partition coefficient (Wildman–Crippen LogP) is 1.00. The molecule has 0 amide bonds. The Labute approximate surface area is 56.5 Å². The van der Waals surface area contributed by atoms with Crippen molar-refractivity contribution in [2.24, 2.45) is 0 Å². The molecule has 0 aliphatic carbocycles. The molecule has 0 saturated heterocycles. The number of hydrogen-bond acceptors (Lipinski definition) is 5. The van der Waals surface area contributed by atoms with Crippen LogP contribution in [0, 0.1) is 0 Å². The first-order valence-corrected chi connectivity index (χ1v) is 3.97. The molecule has 0 heterocycles. The lowest BCUT2D eigenvalue weighted by Gasteiger charge is -1.71. The van der Waals surface area contributed by atoms with Gasteiger partial charge < -0.3 is 5.11 Å². The molecule has 0 aliphatic heterocycles. The maximum Gasteiger partial charge on any atom is 0.807 e. The second-order valence-electron chi connectivity index (χ2n) is 0.900. The zero-order chi connectivity index (χ0) is 8.15. The minimum Gasteiger partial charge on any atom is -0.447 e. The molecular weight excluding hydrogens is 186 g/mol. The summed E-state index contributed by atoms with van der Waals surface area (Å²) >= 11 is 0. The van der Waals surface area contributed by atoms with E-state index < -0.39 is 22.7 Å². The molecule has 7 nitrogen and oxygen atoms in total. The van der Waals surface area contributed by atoms with E-state index in [2.05, 4.69) is 8.83 Å². The molecule has 0 saturated carbocycles. The quantitative estimate of drug-likeness (QED) is 0.635. The van der Waals surface area contributed by atoms with Crippen molar-refractivity contribution in [1.82, 2.24) is 0 Å². The minimum absolute atomic E-state index is 1.84. The van der Waals surface area contributed by atoms with E-state index in [-0.39, 0.29) is 0 Å². The molecule has 56 valence electrons. The van der Waals surface area contributed by atoms with Crippen molar-refractivity contribution in [1.29, 1.82) is 0 Å². The second kappa shape index (κ2) is 4.24. The Hall–Kier alpha value is -0.610. The van der Waals surface area contributed by atoms with Crippen molar-refractivity contribution in [3.05, 3.63) is 0 Å². The van der Waals surface area contributed by atoms with Gasteiger partial charge in [-0.2, -0.15) is 4.79 Å². The lowest BCUT2D eigenvalue weighted by molar-refractivity contribution is 0.143. The van der Waals surface area contributed by atoms with Crippen molar-refractivity contribution in [3.8, 4) is 0 Å². The molecular formula is CH2O7P2+2. The standard InChI is InChI=1S/CO7P2/c2-1(3)7-10(6)8-9(4)5/p+2. The Morgan fingerprint density at radius 3 is 2.20 bits per heavy atom. The monoisotopic (exact) mass is 188 g/mol. The molecule has 0 aromatic carbocycles. The summed E-state index contributed by atoms with van der Waals surface area (Å²) in [4.78, 5) is 17.4. The SMILES string of the molecule is O=C(O)O[P+](=O)O[P+](=O)O. The summed E-state index contributed by atoms with van der Waals surface area (Å²) in [5.41, 5.74) is 0. The van der Waals surface area contributed by atoms with E-state index >= 15 is 0 Å². The molecule has 0 aliphatic rings. The first-order valence-electron chi connectivity index (χ1n) is 1.74. The highest BCUT2D eigenvalue weighted by Gasteiger charge is 2.40. The van der Waals surface area contributed by atoms with Gasteiger partial charge in [0.15, 0.2) is 4.31 Å². The van der Waals surface area contributed by atoms with E-state index in [9.17, 15) is 13.9 Å². The number of rotatable bonds is 3. The van der Waals surface area contributed by atoms with Crippen LogP contribution in [-0.4, -0.2) is 16.2 Å². The summed E-state index contributed by atoms with van der Waals surface area (Å²) in [6, 6.07) is 0. The summed E-state index contributed by atoms with van der Waals surface area (Å²) in [6.45, 7) is 0. The summed E-state index contributed by atoms with van der Waals surface area (Å²) < 4.78 is 26.7. The summed E-state index contributed by atoms with van der Waals surface area (Å²) in [5.74, 6) is 0. The van der Waals surface area contributed by atoms with Crippen molar-refractivity contribution >= 4 is 22.7 Å². The van der Waals surface area contributed by atoms with E-state index in [1.165, 1.54) is 0 Å². The fourth-order valence-corrected chi connectivity index (χ4v) is 0.855. The van der Waals surface area contributed by atoms with E-state index in [0.717, 1.165) is 0 Å². The largest absolute Gasteiger partial charge is 0.807 e. The fourth-order valence-electron chi connectivity index (χ4n) is 0.137. The Balaban J connectivity index is 3.65. The van der Waals surface area contributed by atoms with Crippen molar-refractivity contribution in [2.75, 3.05) is 0 Å². The van der Waals surface area contributed by atoms with Crippen LogP contribution in [0.15, 0.2) is 0 Å². The molecule has 10 heavy (non-hydrogen) atoms. The highest BCUT2D eigenvalue weighted by Crippen LogP contribution is 2.35. The number of carbonyl (C=O) groups is 1. The summed E-state index contributed by atoms with van der Waals surface area (Å²) in [7, 11) is -6.14. The highest BCUT2D eigenvalue weighted by molar-refractivity contribution is 7.47. The van der Waals surface area contributed by atoms with E-state index in [4.69, 9.17) is 10.00 Å². The molecule has 2 unspecified atom stereocenters. The third-order valence-corrected chi connectivity index (χ3v) is 1.69. The van der Waals surface area contributed by atoms with Gasteiger partial charge in [-0.3, -0.25) is 0 Å². The van der Waals surface area contributed by atoms with Crippen LogP contribution in [0.2, 0.25) is 0 Å². The minimum atomic E-state index is -3.09. The molecule has 0 spiro atoms. The topological polar surface area (TPSA) is 110 Å². The van der Waals surface area contributed by atoms with Crippen LogP contribution in [0.1, 0.15) is 0 Å². The second-order valence-corrected chi connectivity index (χ2v) is 2.66. The third kappa shape index (κ3) is 5.53. The summed E-state index contributed by atoms with van der Waals surface area (Å²) in [5, 5.41) is 7.73. The molecule has 0 aromatic heterocycles. The maximum atomic E-state index is 10.0. The zero-order valence-electron chi connectivity index (χ0n) is 4.33. The molecule has 0 fully saturated rings. The van der Waals surface area contributed by atoms with Gasteiger partial charge in [0.25, 0.3) is 0 Å². The van der Waals surface area contributed by atoms with Gasteiger partial charge in [0.2, 0.25) is 0 Å². The Bertz CT molecular complexity index is 154. The van der Waals surface area contributed by atoms with Gasteiger partial charge in [-0.25, -0.2) is 0 Å². The molecule has 0 radical (unpaired) electrons. The van der Waals surface area contributed by atoms with Crippen LogP contribution in [0.25, 0.3) is 0 Å². The van der Waals surface area contributed by atoms with Crippen LogP contribution in [0.3, 0.4) is 0 Å². The molecule has 0 rings (SSSR count). The first kappa shape index (κ1) is 9.39. The van der Waals surface area contributed by atoms with Gasteiger partial charge in [-0.15, -0.1) is 9.42 Å². The van der Waals surface area contributed by atoms with Crippen LogP contribution in [0.4, 0.5) is 4.79 Å². The summed E-state index contributed by atoms with van der Waals surface area (Å²) in [6.07, 6.45) is -1.84. The van der Waals surface area contributed by atoms with Crippen LogP contribution in [-0.2, 0) is 18.0 Å². The molecule has 2 N–H and O–H groups in total. The maximum absolute atomic E-state index is 10.0. The molecule has 0 bridgehead atoms. The molecule has 2 atom stereocenters. The van der Waals surface area contributed by atoms with Crippen molar-refractivity contribution < 1.29 is 32.8 Å². The zero-order valence-corrected chi connectivity index (χ0v) is 6.12. The van der Waals surface area contributed by atoms with Crippen molar-refractivity contribution in [3.63, 3.8) is 0 Å². The average Bonchev–Trinajstić information content (AvgIpc) is 1.58. The highest BCUT2D eigenvalue weighted by atomic mass is 31.2. The smallest absolute Gasteiger partial charge is 0.447 e. The van der Waals surface area contributed by atoms with Crippen LogP contribution in [0.5, 0.6) is 0 Å². The normalized spacial score (nSPS) is 12.1. The van der Waals surface area contributed by atoms with Crippen LogP contribution < -0.4 is 0 Å². The Kier molecular flexibility index (Phi) is 3.99. The van der Waals surface area contributed by atoms with Crippen LogP contribution >= 0.6 is 16.5 Å². The lowest BCUT2D eigenvalue weighted by Crippen LogP contribution is -1.90. The van der Waals surface area contributed by atoms with E-state index in [0.29, 0.717) is 0 Å². The first-order chi connectivity index (χ1) is 4.52. The lowest BCUT2D eigenvalue weighted by atomic mass is 11.5.